The van der Waals surface area contributed by atoms with E-state index in [0.29, 0.717) is 10.9 Å². The van der Waals surface area contributed by atoms with Gasteiger partial charge in [-0.1, -0.05) is 19.8 Å². The van der Waals surface area contributed by atoms with Crippen molar-refractivity contribution in [2.75, 3.05) is 27.7 Å². The van der Waals surface area contributed by atoms with Gasteiger partial charge in [-0.15, -0.1) is 0 Å². The second kappa shape index (κ2) is 6.85. The Kier molecular flexibility index (Phi) is 6.49. The first-order chi connectivity index (χ1) is 8.10. The molecule has 0 rings (SSSR count). The number of carboxylic acid groups (broad SMARTS) is 1. The Balaban J connectivity index is 4.74. The third-order valence-electron chi connectivity index (χ3n) is 2.71. The predicted molar refractivity (Wildman–Crippen MR) is 69.3 cm³/mol. The maximum Gasteiger partial charge on any atom is 0.306 e. The van der Waals surface area contributed by atoms with Crippen LogP contribution in [0.4, 0.5) is 0 Å². The lowest BCUT2D eigenvalue weighted by atomic mass is 9.90. The number of hydrogen-bond acceptors (Lipinski definition) is 3. The Morgan fingerprint density at radius 3 is 2.11 bits per heavy atom. The van der Waals surface area contributed by atoms with Crippen LogP contribution in [-0.2, 0) is 9.59 Å². The van der Waals surface area contributed by atoms with Gasteiger partial charge >= 0.3 is 5.97 Å². The molecule has 0 aromatic heterocycles. The summed E-state index contributed by atoms with van der Waals surface area (Å²) < 4.78 is 0.350. The molecular weight excluding hydrogens is 234 g/mol. The van der Waals surface area contributed by atoms with Crippen molar-refractivity contribution < 1.29 is 24.3 Å². The molecule has 18 heavy (non-hydrogen) atoms. The Bertz CT molecular complexity index is 296. The molecule has 0 amide bonds. The maximum absolute atomic E-state index is 12.0. The van der Waals surface area contributed by atoms with E-state index in [4.69, 9.17) is 5.11 Å². The number of carbonyl (C=O) groups excluding carboxylic acids is 1. The van der Waals surface area contributed by atoms with Crippen LogP contribution in [0.15, 0.2) is 0 Å². The molecule has 0 saturated heterocycles. The fourth-order valence-corrected chi connectivity index (χ4v) is 2.05. The molecule has 5 nitrogen and oxygen atoms in total. The quantitative estimate of drug-likeness (QED) is 0.480. The molecule has 0 aliphatic carbocycles. The Morgan fingerprint density at radius 2 is 1.72 bits per heavy atom. The van der Waals surface area contributed by atoms with Gasteiger partial charge in [-0.25, -0.2) is 0 Å². The van der Waals surface area contributed by atoms with Gasteiger partial charge in [-0.3, -0.25) is 9.59 Å². The number of Topliss-reactive ketones (excluding diaryl/α,β-unsaturated/α-hetero) is 1. The van der Waals surface area contributed by atoms with Gasteiger partial charge in [-0.05, 0) is 6.42 Å². The summed E-state index contributed by atoms with van der Waals surface area (Å²) in [6.45, 7) is 2.14. The molecule has 0 aromatic carbocycles. The molecule has 0 aliphatic heterocycles. The Hall–Kier alpha value is -0.940. The molecule has 0 aromatic rings. The fourth-order valence-electron chi connectivity index (χ4n) is 2.05. The van der Waals surface area contributed by atoms with Gasteiger partial charge in [0.05, 0.1) is 27.6 Å². The highest BCUT2D eigenvalue weighted by Crippen LogP contribution is 2.19. The van der Waals surface area contributed by atoms with Crippen molar-refractivity contribution in [3.05, 3.63) is 0 Å². The predicted octanol–water partition coefficient (Wildman–Crippen LogP) is 1.05. The number of likely N-dealkylation sites (N-methyl/N-ethyl adjacent to an activating group) is 1. The number of carboxylic acids is 1. The zero-order chi connectivity index (χ0) is 14.4. The number of aliphatic carboxylic acids is 1. The van der Waals surface area contributed by atoms with Crippen molar-refractivity contribution in [1.29, 1.82) is 0 Å². The number of aliphatic hydroxyl groups is 1. The number of nitrogens with zero attached hydrogens (tertiary/aromatic N) is 1. The van der Waals surface area contributed by atoms with Crippen LogP contribution in [-0.4, -0.2) is 59.7 Å². The van der Waals surface area contributed by atoms with E-state index >= 15 is 0 Å². The van der Waals surface area contributed by atoms with Gasteiger partial charge in [0.15, 0.2) is 11.4 Å². The topological polar surface area (TPSA) is 74.6 Å². The molecule has 1 atom stereocenters. The molecule has 2 N–H and O–H groups in total. The summed E-state index contributed by atoms with van der Waals surface area (Å²) in [5.41, 5.74) is -1.75. The van der Waals surface area contributed by atoms with Crippen molar-refractivity contribution >= 4 is 11.8 Å². The third-order valence-corrected chi connectivity index (χ3v) is 2.71. The highest BCUT2D eigenvalue weighted by atomic mass is 16.4. The van der Waals surface area contributed by atoms with E-state index in [1.165, 1.54) is 0 Å². The summed E-state index contributed by atoms with van der Waals surface area (Å²) in [6, 6.07) is 0. The zero-order valence-corrected chi connectivity index (χ0v) is 11.9. The smallest absolute Gasteiger partial charge is 0.306 e. The van der Waals surface area contributed by atoms with Gasteiger partial charge in [0.25, 0.3) is 0 Å². The second-order valence-corrected chi connectivity index (χ2v) is 5.93. The van der Waals surface area contributed by atoms with E-state index in [-0.39, 0.29) is 18.7 Å². The van der Waals surface area contributed by atoms with E-state index in [0.717, 1.165) is 12.8 Å². The number of hydrogen-bond donors (Lipinski definition) is 2. The molecule has 0 bridgehead atoms. The number of unbranched alkanes of at least 4 members (excludes halogenated alkanes) is 2. The van der Waals surface area contributed by atoms with Gasteiger partial charge in [0, 0.05) is 6.42 Å². The first-order valence-corrected chi connectivity index (χ1v) is 6.38. The van der Waals surface area contributed by atoms with E-state index in [1.54, 1.807) is 0 Å². The summed E-state index contributed by atoms with van der Waals surface area (Å²) in [7, 11) is 5.48. The van der Waals surface area contributed by atoms with Crippen LogP contribution in [0, 0.1) is 0 Å². The summed E-state index contributed by atoms with van der Waals surface area (Å²) in [5, 5.41) is 19.2. The number of quaternary nitrogens is 1. The number of ketones is 1. The van der Waals surface area contributed by atoms with Crippen molar-refractivity contribution in [2.45, 2.75) is 44.6 Å². The van der Waals surface area contributed by atoms with Gasteiger partial charge in [-0.2, -0.15) is 0 Å². The average molecular weight is 260 g/mol. The highest BCUT2D eigenvalue weighted by molar-refractivity contribution is 5.90. The van der Waals surface area contributed by atoms with Crippen molar-refractivity contribution in [2.24, 2.45) is 0 Å². The molecule has 0 fully saturated rings. The zero-order valence-electron chi connectivity index (χ0n) is 11.9. The monoisotopic (exact) mass is 260 g/mol. The minimum Gasteiger partial charge on any atom is -0.481 e. The normalized spacial score (nSPS) is 15.2. The van der Waals surface area contributed by atoms with Gasteiger partial charge < -0.3 is 14.7 Å². The van der Waals surface area contributed by atoms with E-state index in [1.807, 2.05) is 28.1 Å². The summed E-state index contributed by atoms with van der Waals surface area (Å²) in [5.74, 6) is -1.50. The first-order valence-electron chi connectivity index (χ1n) is 6.38. The van der Waals surface area contributed by atoms with Crippen LogP contribution >= 0.6 is 0 Å². The molecule has 0 radical (unpaired) electrons. The molecule has 0 heterocycles. The third kappa shape index (κ3) is 6.71. The van der Waals surface area contributed by atoms with Crippen LogP contribution in [0.1, 0.15) is 39.0 Å². The van der Waals surface area contributed by atoms with Gasteiger partial charge in [0.2, 0.25) is 0 Å². The van der Waals surface area contributed by atoms with E-state index < -0.39 is 18.0 Å². The summed E-state index contributed by atoms with van der Waals surface area (Å²) in [4.78, 5) is 22.8. The lowest BCUT2D eigenvalue weighted by molar-refractivity contribution is -0.875. The van der Waals surface area contributed by atoms with Crippen LogP contribution in [0.5, 0.6) is 0 Å². The summed E-state index contributed by atoms with van der Waals surface area (Å²) in [6.07, 6.45) is 2.33. The minimum absolute atomic E-state index is 0.115. The number of rotatable bonds is 9. The SMILES string of the molecule is CCCCCC(=O)C(O)(CC(=O)O)C[N+](C)(C)C. The fraction of sp³-hybridized carbons (Fsp3) is 0.846. The maximum atomic E-state index is 12.0. The highest BCUT2D eigenvalue weighted by Gasteiger charge is 2.42. The lowest BCUT2D eigenvalue weighted by Gasteiger charge is -2.33. The van der Waals surface area contributed by atoms with Crippen LogP contribution < -0.4 is 0 Å². The van der Waals surface area contributed by atoms with Crippen LogP contribution in [0.25, 0.3) is 0 Å². The largest absolute Gasteiger partial charge is 0.481 e. The van der Waals surface area contributed by atoms with Crippen molar-refractivity contribution in [3.63, 3.8) is 0 Å². The van der Waals surface area contributed by atoms with Gasteiger partial charge in [0.1, 0.15) is 6.54 Å². The standard InChI is InChI=1S/C13H25NO4/c1-5-6-7-8-11(15)13(18,9-12(16)17)10-14(2,3)4/h18H,5-10H2,1-4H3/p+1. The number of carbonyl (C=O) groups is 2. The second-order valence-electron chi connectivity index (χ2n) is 5.93. The molecule has 0 aliphatic rings. The van der Waals surface area contributed by atoms with Crippen LogP contribution in [0.2, 0.25) is 0 Å². The molecule has 0 spiro atoms. The minimum atomic E-state index is -1.75. The Labute approximate surface area is 109 Å². The Morgan fingerprint density at radius 1 is 1.17 bits per heavy atom. The molecular formula is C13H26NO4+. The summed E-state index contributed by atoms with van der Waals surface area (Å²) >= 11 is 0. The molecule has 106 valence electrons. The average Bonchev–Trinajstić information content (AvgIpc) is 2.13. The van der Waals surface area contributed by atoms with E-state index in [9.17, 15) is 14.7 Å². The van der Waals surface area contributed by atoms with Crippen molar-refractivity contribution in [1.82, 2.24) is 0 Å². The van der Waals surface area contributed by atoms with Crippen molar-refractivity contribution in [3.8, 4) is 0 Å². The lowest BCUT2D eigenvalue weighted by Crippen LogP contribution is -2.54. The molecule has 0 saturated carbocycles. The molecule has 5 heteroatoms. The molecule has 1 unspecified atom stereocenters. The first kappa shape index (κ1) is 17.1. The van der Waals surface area contributed by atoms with Crippen LogP contribution in [0.3, 0.4) is 0 Å². The van der Waals surface area contributed by atoms with E-state index in [2.05, 4.69) is 0 Å².